The maximum atomic E-state index is 12.1. The molecule has 2 nitrogen and oxygen atoms in total. The van der Waals surface area contributed by atoms with Crippen LogP contribution in [0.25, 0.3) is 0 Å². The van der Waals surface area contributed by atoms with Crippen LogP contribution < -0.4 is 0 Å². The van der Waals surface area contributed by atoms with Gasteiger partial charge in [-0.1, -0.05) is 34.6 Å². The van der Waals surface area contributed by atoms with Crippen LogP contribution in [-0.2, 0) is 0 Å². The molecule has 0 saturated heterocycles. The third-order valence-electron chi connectivity index (χ3n) is 3.29. The molecule has 0 spiro atoms. The number of rotatable bonds is 2. The number of aromatic amines is 1. The summed E-state index contributed by atoms with van der Waals surface area (Å²) < 4.78 is 0. The van der Waals surface area contributed by atoms with Crippen LogP contribution in [-0.4, -0.2) is 10.8 Å². The number of hydrogen-bond acceptors (Lipinski definition) is 1. The number of Topliss-reactive ketones (excluding diaryl/α,β-unsaturated/α-hetero) is 1. The smallest absolute Gasteiger partial charge is 0.185 e. The van der Waals surface area contributed by atoms with Crippen LogP contribution >= 0.6 is 0 Å². The van der Waals surface area contributed by atoms with Crippen LogP contribution in [0.15, 0.2) is 18.3 Å². The maximum Gasteiger partial charge on any atom is 0.185 e. The van der Waals surface area contributed by atoms with Gasteiger partial charge in [0, 0.05) is 11.6 Å². The Morgan fingerprint density at radius 2 is 1.79 bits per heavy atom. The Kier molecular flexibility index (Phi) is 2.57. The lowest BCUT2D eigenvalue weighted by Crippen LogP contribution is -2.37. The van der Waals surface area contributed by atoms with Gasteiger partial charge < -0.3 is 4.98 Å². The molecule has 1 rings (SSSR count). The van der Waals surface area contributed by atoms with Gasteiger partial charge in [-0.25, -0.2) is 0 Å². The van der Waals surface area contributed by atoms with E-state index in [9.17, 15) is 4.79 Å². The van der Waals surface area contributed by atoms with Crippen LogP contribution in [0.1, 0.15) is 45.1 Å². The van der Waals surface area contributed by atoms with Gasteiger partial charge in [0.2, 0.25) is 0 Å². The molecule has 0 saturated carbocycles. The Balaban J connectivity index is 3.01. The molecule has 0 aliphatic carbocycles. The zero-order chi connectivity index (χ0) is 11.0. The number of carbonyl (C=O) groups is 1. The SMILES string of the molecule is CC(C)(C)C(C)(C)C(=O)c1ccc[nH]1. The Morgan fingerprint density at radius 3 is 2.14 bits per heavy atom. The molecule has 1 heterocycles. The molecule has 1 N–H and O–H groups in total. The van der Waals surface area contributed by atoms with Gasteiger partial charge in [-0.05, 0) is 17.5 Å². The third-order valence-corrected chi connectivity index (χ3v) is 3.29. The molecule has 0 aromatic carbocycles. The van der Waals surface area contributed by atoms with Crippen molar-refractivity contribution in [3.63, 3.8) is 0 Å². The van der Waals surface area contributed by atoms with Gasteiger partial charge in [0.1, 0.15) is 0 Å². The Morgan fingerprint density at radius 1 is 1.21 bits per heavy atom. The first kappa shape index (κ1) is 11.0. The largest absolute Gasteiger partial charge is 0.359 e. The van der Waals surface area contributed by atoms with E-state index in [2.05, 4.69) is 25.8 Å². The van der Waals surface area contributed by atoms with Crippen LogP contribution in [0.3, 0.4) is 0 Å². The molecule has 2 heteroatoms. The molecule has 0 atom stereocenters. The minimum absolute atomic E-state index is 0.0325. The summed E-state index contributed by atoms with van der Waals surface area (Å²) in [6, 6.07) is 3.68. The second kappa shape index (κ2) is 3.26. The lowest BCUT2D eigenvalue weighted by molar-refractivity contribution is 0.0620. The Labute approximate surface area is 85.7 Å². The summed E-state index contributed by atoms with van der Waals surface area (Å²) in [6.07, 6.45) is 1.78. The summed E-state index contributed by atoms with van der Waals surface area (Å²) in [7, 11) is 0. The number of H-pyrrole nitrogens is 1. The average molecular weight is 193 g/mol. The van der Waals surface area contributed by atoms with Crippen LogP contribution in [0, 0.1) is 10.8 Å². The van der Waals surface area contributed by atoms with Crippen molar-refractivity contribution in [3.05, 3.63) is 24.0 Å². The van der Waals surface area contributed by atoms with Gasteiger partial charge in [0.05, 0.1) is 5.69 Å². The van der Waals surface area contributed by atoms with E-state index < -0.39 is 0 Å². The molecule has 0 bridgehead atoms. The molecule has 0 unspecified atom stereocenters. The van der Waals surface area contributed by atoms with Crippen molar-refractivity contribution in [2.24, 2.45) is 10.8 Å². The molecule has 0 aliphatic heterocycles. The molecule has 1 aromatic rings. The quantitative estimate of drug-likeness (QED) is 0.718. The highest BCUT2D eigenvalue weighted by atomic mass is 16.1. The molecular weight excluding hydrogens is 174 g/mol. The second-order valence-electron chi connectivity index (χ2n) is 5.29. The number of ketones is 1. The first-order chi connectivity index (χ1) is 6.27. The minimum Gasteiger partial charge on any atom is -0.359 e. The van der Waals surface area contributed by atoms with E-state index in [0.29, 0.717) is 5.69 Å². The molecular formula is C12H19NO. The van der Waals surface area contributed by atoms with Crippen molar-refractivity contribution in [3.8, 4) is 0 Å². The van der Waals surface area contributed by atoms with Crippen molar-refractivity contribution in [2.45, 2.75) is 34.6 Å². The van der Waals surface area contributed by atoms with E-state index in [0.717, 1.165) is 0 Å². The highest BCUT2D eigenvalue weighted by Crippen LogP contribution is 2.40. The lowest BCUT2D eigenvalue weighted by atomic mass is 9.66. The monoisotopic (exact) mass is 193 g/mol. The van der Waals surface area contributed by atoms with Gasteiger partial charge in [-0.15, -0.1) is 0 Å². The second-order valence-corrected chi connectivity index (χ2v) is 5.29. The number of carbonyl (C=O) groups excluding carboxylic acids is 1. The molecule has 0 fully saturated rings. The third kappa shape index (κ3) is 1.74. The van der Waals surface area contributed by atoms with E-state index in [-0.39, 0.29) is 16.6 Å². The van der Waals surface area contributed by atoms with E-state index in [1.807, 2.05) is 26.0 Å². The minimum atomic E-state index is -0.349. The zero-order valence-electron chi connectivity index (χ0n) is 9.64. The van der Waals surface area contributed by atoms with Crippen molar-refractivity contribution >= 4 is 5.78 Å². The Hall–Kier alpha value is -1.05. The van der Waals surface area contributed by atoms with Crippen LogP contribution in [0.5, 0.6) is 0 Å². The lowest BCUT2D eigenvalue weighted by Gasteiger charge is -2.36. The molecule has 0 aliphatic rings. The van der Waals surface area contributed by atoms with Gasteiger partial charge in [-0.3, -0.25) is 4.79 Å². The molecule has 14 heavy (non-hydrogen) atoms. The van der Waals surface area contributed by atoms with E-state index >= 15 is 0 Å². The van der Waals surface area contributed by atoms with E-state index in [1.54, 1.807) is 6.20 Å². The summed E-state index contributed by atoms with van der Waals surface area (Å²) in [6.45, 7) is 10.3. The van der Waals surface area contributed by atoms with Crippen molar-refractivity contribution in [2.75, 3.05) is 0 Å². The Bertz CT molecular complexity index is 315. The van der Waals surface area contributed by atoms with Gasteiger partial charge in [0.15, 0.2) is 5.78 Å². The average Bonchev–Trinajstić information content (AvgIpc) is 2.52. The summed E-state index contributed by atoms with van der Waals surface area (Å²) in [5.74, 6) is 0.176. The molecule has 1 aromatic heterocycles. The summed E-state index contributed by atoms with van der Waals surface area (Å²) in [5, 5.41) is 0. The normalized spacial score (nSPS) is 12.9. The first-order valence-electron chi connectivity index (χ1n) is 4.95. The fourth-order valence-electron chi connectivity index (χ4n) is 1.15. The molecule has 0 radical (unpaired) electrons. The van der Waals surface area contributed by atoms with Crippen LogP contribution in [0.4, 0.5) is 0 Å². The highest BCUT2D eigenvalue weighted by Gasteiger charge is 2.40. The maximum absolute atomic E-state index is 12.1. The summed E-state index contributed by atoms with van der Waals surface area (Å²) >= 11 is 0. The number of nitrogens with one attached hydrogen (secondary N) is 1. The molecule has 78 valence electrons. The predicted molar refractivity (Wildman–Crippen MR) is 58.4 cm³/mol. The zero-order valence-corrected chi connectivity index (χ0v) is 9.64. The number of aromatic nitrogens is 1. The fourth-order valence-corrected chi connectivity index (χ4v) is 1.15. The van der Waals surface area contributed by atoms with E-state index in [4.69, 9.17) is 0 Å². The topological polar surface area (TPSA) is 32.9 Å². The van der Waals surface area contributed by atoms with Gasteiger partial charge >= 0.3 is 0 Å². The van der Waals surface area contributed by atoms with E-state index in [1.165, 1.54) is 0 Å². The highest BCUT2D eigenvalue weighted by molar-refractivity contribution is 5.98. The fraction of sp³-hybridized carbons (Fsp3) is 0.583. The first-order valence-corrected chi connectivity index (χ1v) is 4.95. The summed E-state index contributed by atoms with van der Waals surface area (Å²) in [5.41, 5.74) is 0.317. The van der Waals surface area contributed by atoms with Gasteiger partial charge in [0.25, 0.3) is 0 Å². The van der Waals surface area contributed by atoms with Gasteiger partial charge in [-0.2, -0.15) is 0 Å². The summed E-state index contributed by atoms with van der Waals surface area (Å²) in [4.78, 5) is 15.1. The van der Waals surface area contributed by atoms with Crippen molar-refractivity contribution < 1.29 is 4.79 Å². The van der Waals surface area contributed by atoms with Crippen LogP contribution in [0.2, 0.25) is 0 Å². The number of hydrogen-bond donors (Lipinski definition) is 1. The van der Waals surface area contributed by atoms with Crippen molar-refractivity contribution in [1.29, 1.82) is 0 Å². The predicted octanol–water partition coefficient (Wildman–Crippen LogP) is 3.27. The van der Waals surface area contributed by atoms with Crippen molar-refractivity contribution in [1.82, 2.24) is 4.98 Å². The molecule has 0 amide bonds. The standard InChI is InChI=1S/C12H19NO/c1-11(2,3)12(4,5)10(14)9-7-6-8-13-9/h6-8,13H,1-5H3.